The van der Waals surface area contributed by atoms with E-state index in [4.69, 9.17) is 0 Å². The van der Waals surface area contributed by atoms with Crippen molar-refractivity contribution in [2.75, 3.05) is 11.9 Å². The maximum absolute atomic E-state index is 11.8. The highest BCUT2D eigenvalue weighted by Gasteiger charge is 2.21. The van der Waals surface area contributed by atoms with Crippen LogP contribution in [0.1, 0.15) is 17.7 Å². The van der Waals surface area contributed by atoms with Crippen molar-refractivity contribution in [3.05, 3.63) is 29.4 Å². The number of amides is 1. The highest BCUT2D eigenvalue weighted by Crippen LogP contribution is 2.29. The summed E-state index contributed by atoms with van der Waals surface area (Å²) in [7, 11) is 0. The predicted octanol–water partition coefficient (Wildman–Crippen LogP) is 2.20. The third-order valence-corrected chi connectivity index (χ3v) is 3.99. The van der Waals surface area contributed by atoms with Gasteiger partial charge in [-0.05, 0) is 31.9 Å². The average molecular weight is 288 g/mol. The number of aryl methyl sites for hydroxylation is 1. The third kappa shape index (κ3) is 3.20. The zero-order chi connectivity index (χ0) is 13.9. The van der Waals surface area contributed by atoms with E-state index in [0.717, 1.165) is 16.1 Å². The Labute approximate surface area is 121 Å². The molecule has 0 aromatic carbocycles. The molecule has 1 aliphatic rings. The average Bonchev–Trinajstić information content (AvgIpc) is 3.21. The number of hydrogen-bond donors (Lipinski definition) is 2. The summed E-state index contributed by atoms with van der Waals surface area (Å²) in [5, 5.41) is 6.67. The number of nitrogens with one attached hydrogen (secondary N) is 2. The summed E-state index contributed by atoms with van der Waals surface area (Å²) in [5.41, 5.74) is 1.85. The predicted molar refractivity (Wildman–Crippen MR) is 79.7 cm³/mol. The Morgan fingerprint density at radius 3 is 3.05 bits per heavy atom. The fourth-order valence-corrected chi connectivity index (χ4v) is 2.76. The third-order valence-electron chi connectivity index (χ3n) is 3.11. The molecule has 1 saturated carbocycles. The summed E-state index contributed by atoms with van der Waals surface area (Å²) in [6.45, 7) is 2.35. The fraction of sp³-hybridized carbons (Fsp3) is 0.357. The van der Waals surface area contributed by atoms with Gasteiger partial charge in [-0.3, -0.25) is 9.78 Å². The summed E-state index contributed by atoms with van der Waals surface area (Å²) in [4.78, 5) is 21.4. The van der Waals surface area contributed by atoms with Crippen LogP contribution in [0, 0.1) is 6.92 Å². The Hall–Kier alpha value is -1.79. The largest absolute Gasteiger partial charge is 0.306 e. The molecule has 5 nitrogen and oxygen atoms in total. The lowest BCUT2D eigenvalue weighted by atomic mass is 10.2. The molecule has 0 spiro atoms. The number of carbonyl (C=O) groups excluding carboxylic acids is 1. The topological polar surface area (TPSA) is 66.9 Å². The van der Waals surface area contributed by atoms with Crippen molar-refractivity contribution in [2.45, 2.75) is 25.8 Å². The smallest absolute Gasteiger partial charge is 0.240 e. The second-order valence-corrected chi connectivity index (χ2v) is 6.07. The molecule has 1 aliphatic carbocycles. The van der Waals surface area contributed by atoms with E-state index in [0.29, 0.717) is 17.7 Å². The van der Waals surface area contributed by atoms with Gasteiger partial charge in [0.15, 0.2) is 5.13 Å². The standard InChI is InChI=1S/C14H16N4OS/c1-9-13(10-3-2-6-15-7-10)18-14(20-9)17-12(19)8-16-11-4-5-11/h2-3,6-7,11,16H,4-5,8H2,1H3,(H,17,18,19). The van der Waals surface area contributed by atoms with Gasteiger partial charge in [-0.1, -0.05) is 0 Å². The van der Waals surface area contributed by atoms with Crippen molar-refractivity contribution in [3.63, 3.8) is 0 Å². The minimum Gasteiger partial charge on any atom is -0.306 e. The van der Waals surface area contributed by atoms with E-state index >= 15 is 0 Å². The molecule has 0 unspecified atom stereocenters. The molecule has 2 aromatic heterocycles. The molecular weight excluding hydrogens is 272 g/mol. The van der Waals surface area contributed by atoms with Crippen molar-refractivity contribution in [2.24, 2.45) is 0 Å². The van der Waals surface area contributed by atoms with Crippen LogP contribution in [0.15, 0.2) is 24.5 Å². The number of aromatic nitrogens is 2. The van der Waals surface area contributed by atoms with Gasteiger partial charge in [-0.15, -0.1) is 11.3 Å². The van der Waals surface area contributed by atoms with E-state index in [1.54, 1.807) is 12.4 Å². The molecule has 2 aromatic rings. The number of nitrogens with zero attached hydrogens (tertiary/aromatic N) is 2. The molecular formula is C14H16N4OS. The van der Waals surface area contributed by atoms with Crippen LogP contribution < -0.4 is 10.6 Å². The Balaban J connectivity index is 1.67. The Kier molecular flexibility index (Phi) is 3.75. The molecule has 0 radical (unpaired) electrons. The maximum Gasteiger partial charge on any atom is 0.240 e. The number of pyridine rings is 1. The molecule has 0 aliphatic heterocycles. The lowest BCUT2D eigenvalue weighted by Gasteiger charge is -2.02. The quantitative estimate of drug-likeness (QED) is 0.885. The molecule has 2 heterocycles. The number of anilines is 1. The van der Waals surface area contributed by atoms with Crippen molar-refractivity contribution in [3.8, 4) is 11.3 Å². The zero-order valence-corrected chi connectivity index (χ0v) is 12.0. The highest BCUT2D eigenvalue weighted by molar-refractivity contribution is 7.16. The van der Waals surface area contributed by atoms with Crippen LogP contribution in [0.5, 0.6) is 0 Å². The molecule has 2 N–H and O–H groups in total. The molecule has 104 valence electrons. The molecule has 1 fully saturated rings. The first-order valence-corrected chi connectivity index (χ1v) is 7.45. The fourth-order valence-electron chi connectivity index (χ4n) is 1.91. The molecule has 0 saturated heterocycles. The summed E-state index contributed by atoms with van der Waals surface area (Å²) >= 11 is 1.49. The van der Waals surface area contributed by atoms with Gasteiger partial charge in [0, 0.05) is 28.9 Å². The molecule has 0 bridgehead atoms. The molecule has 0 atom stereocenters. The lowest BCUT2D eigenvalue weighted by molar-refractivity contribution is -0.115. The SMILES string of the molecule is Cc1sc(NC(=O)CNC2CC2)nc1-c1cccnc1. The van der Waals surface area contributed by atoms with Crippen LogP contribution in [0.4, 0.5) is 5.13 Å². The normalized spacial score (nSPS) is 14.2. The van der Waals surface area contributed by atoms with Crippen molar-refractivity contribution in [1.29, 1.82) is 0 Å². The number of hydrogen-bond acceptors (Lipinski definition) is 5. The van der Waals surface area contributed by atoms with Crippen LogP contribution in [0.2, 0.25) is 0 Å². The number of thiazole rings is 1. The van der Waals surface area contributed by atoms with Gasteiger partial charge in [0.05, 0.1) is 12.2 Å². The summed E-state index contributed by atoms with van der Waals surface area (Å²) in [6, 6.07) is 4.38. The Morgan fingerprint density at radius 2 is 2.35 bits per heavy atom. The van der Waals surface area contributed by atoms with E-state index in [1.165, 1.54) is 24.2 Å². The lowest BCUT2D eigenvalue weighted by Crippen LogP contribution is -2.29. The second kappa shape index (κ2) is 5.68. The summed E-state index contributed by atoms with van der Waals surface area (Å²) in [5.74, 6) is -0.0385. The minimum absolute atomic E-state index is 0.0385. The van der Waals surface area contributed by atoms with E-state index in [2.05, 4.69) is 20.6 Å². The van der Waals surface area contributed by atoms with Gasteiger partial charge in [-0.2, -0.15) is 0 Å². The van der Waals surface area contributed by atoms with Crippen LogP contribution in [0.3, 0.4) is 0 Å². The van der Waals surface area contributed by atoms with Crippen molar-refractivity contribution < 1.29 is 4.79 Å². The molecule has 20 heavy (non-hydrogen) atoms. The second-order valence-electron chi connectivity index (χ2n) is 4.87. The van der Waals surface area contributed by atoms with Crippen LogP contribution in [-0.4, -0.2) is 28.5 Å². The summed E-state index contributed by atoms with van der Waals surface area (Å²) < 4.78 is 0. The molecule has 3 rings (SSSR count). The number of carbonyl (C=O) groups is 1. The van der Waals surface area contributed by atoms with E-state index in [1.807, 2.05) is 19.1 Å². The minimum atomic E-state index is -0.0385. The molecule has 1 amide bonds. The zero-order valence-electron chi connectivity index (χ0n) is 11.2. The highest BCUT2D eigenvalue weighted by atomic mass is 32.1. The van der Waals surface area contributed by atoms with Gasteiger partial charge in [0.2, 0.25) is 5.91 Å². The first kappa shape index (κ1) is 13.2. The first-order valence-electron chi connectivity index (χ1n) is 6.63. The van der Waals surface area contributed by atoms with Crippen LogP contribution >= 0.6 is 11.3 Å². The molecule has 6 heteroatoms. The van der Waals surface area contributed by atoms with Gasteiger partial charge in [-0.25, -0.2) is 4.98 Å². The maximum atomic E-state index is 11.8. The van der Waals surface area contributed by atoms with Gasteiger partial charge >= 0.3 is 0 Å². The number of rotatable bonds is 5. The summed E-state index contributed by atoms with van der Waals surface area (Å²) in [6.07, 6.45) is 5.86. The first-order chi connectivity index (χ1) is 9.72. The van der Waals surface area contributed by atoms with E-state index in [9.17, 15) is 4.79 Å². The van der Waals surface area contributed by atoms with Gasteiger partial charge in [0.1, 0.15) is 0 Å². The van der Waals surface area contributed by atoms with Crippen molar-refractivity contribution >= 4 is 22.4 Å². The van der Waals surface area contributed by atoms with Gasteiger partial charge in [0.25, 0.3) is 0 Å². The van der Waals surface area contributed by atoms with Gasteiger partial charge < -0.3 is 10.6 Å². The Morgan fingerprint density at radius 1 is 1.50 bits per heavy atom. The van der Waals surface area contributed by atoms with E-state index in [-0.39, 0.29) is 5.91 Å². The van der Waals surface area contributed by atoms with Crippen LogP contribution in [-0.2, 0) is 4.79 Å². The monoisotopic (exact) mass is 288 g/mol. The van der Waals surface area contributed by atoms with Crippen LogP contribution in [0.25, 0.3) is 11.3 Å². The Bertz CT molecular complexity index is 607. The van der Waals surface area contributed by atoms with E-state index < -0.39 is 0 Å². The van der Waals surface area contributed by atoms with Crippen molar-refractivity contribution in [1.82, 2.24) is 15.3 Å².